The van der Waals surface area contributed by atoms with Crippen LogP contribution >= 0.6 is 7.92 Å². The number of ether oxygens (including phenoxy) is 1. The predicted octanol–water partition coefficient (Wildman–Crippen LogP) is 6.31. The van der Waals surface area contributed by atoms with Crippen molar-refractivity contribution in [2.24, 2.45) is 0 Å². The van der Waals surface area contributed by atoms with E-state index in [-0.39, 0.29) is 0 Å². The Bertz CT molecular complexity index is 1350. The molecule has 0 bridgehead atoms. The summed E-state index contributed by atoms with van der Waals surface area (Å²) in [4.78, 5) is 0. The summed E-state index contributed by atoms with van der Waals surface area (Å²) in [5.41, 5.74) is 5.59. The maximum atomic E-state index is 5.33. The zero-order chi connectivity index (χ0) is 23.3. The van der Waals surface area contributed by atoms with Gasteiger partial charge in [-0.3, -0.25) is 0 Å². The monoisotopic (exact) mass is 459 g/mol. The van der Waals surface area contributed by atoms with Gasteiger partial charge in [-0.15, -0.1) is 0 Å². The Hall–Kier alpha value is -3.87. The van der Waals surface area contributed by atoms with E-state index in [9.17, 15) is 0 Å². The average Bonchev–Trinajstić information content (AvgIpc) is 3.39. The van der Waals surface area contributed by atoms with Crippen LogP contribution in [-0.4, -0.2) is 11.7 Å². The van der Waals surface area contributed by atoms with E-state index >= 15 is 0 Å². The highest BCUT2D eigenvalue weighted by Gasteiger charge is 2.21. The minimum Gasteiger partial charge on any atom is -0.497 e. The molecule has 0 aliphatic carbocycles. The Morgan fingerprint density at radius 2 is 1.26 bits per heavy atom. The minimum atomic E-state index is -0.729. The molecule has 166 valence electrons. The summed E-state index contributed by atoms with van der Waals surface area (Å²) < 4.78 is 7.66. The first-order valence-corrected chi connectivity index (χ1v) is 12.6. The third-order valence-electron chi connectivity index (χ3n) is 5.91. The van der Waals surface area contributed by atoms with Gasteiger partial charge >= 0.3 is 0 Å². The molecule has 0 atom stereocenters. The molecule has 0 N–H and O–H groups in total. The fourth-order valence-electron chi connectivity index (χ4n) is 4.21. The highest BCUT2D eigenvalue weighted by atomic mass is 31.1. The van der Waals surface area contributed by atoms with E-state index in [2.05, 4.69) is 127 Å². The number of methoxy groups -OCH3 is 1. The molecular formula is C31H26NOP. The Balaban J connectivity index is 1.63. The zero-order valence-electron chi connectivity index (χ0n) is 19.1. The number of nitrogens with zero attached hydrogens (tertiary/aromatic N) is 1. The Kier molecular flexibility index (Phi) is 6.42. The van der Waals surface area contributed by atoms with Crippen LogP contribution in [0.5, 0.6) is 5.75 Å². The first kappa shape index (κ1) is 21.9. The average molecular weight is 460 g/mol. The second-order valence-electron chi connectivity index (χ2n) is 7.97. The largest absolute Gasteiger partial charge is 0.497 e. The van der Waals surface area contributed by atoms with Gasteiger partial charge in [0.05, 0.1) is 18.2 Å². The fraction of sp³-hybridized carbons (Fsp3) is 0.0323. The highest BCUT2D eigenvalue weighted by Crippen LogP contribution is 2.35. The van der Waals surface area contributed by atoms with Gasteiger partial charge in [0.15, 0.2) is 0 Å². The molecule has 1 aromatic heterocycles. The molecule has 0 amide bonds. The van der Waals surface area contributed by atoms with Crippen LogP contribution in [0, 0.1) is 0 Å². The fourth-order valence-corrected chi connectivity index (χ4v) is 6.60. The lowest BCUT2D eigenvalue weighted by atomic mass is 9.98. The number of para-hydroxylation sites is 1. The maximum absolute atomic E-state index is 5.33. The molecule has 5 aromatic rings. The second kappa shape index (κ2) is 9.95. The van der Waals surface area contributed by atoms with E-state index in [0.29, 0.717) is 0 Å². The lowest BCUT2D eigenvalue weighted by Gasteiger charge is -2.23. The summed E-state index contributed by atoms with van der Waals surface area (Å²) in [5, 5.41) is 2.66. The molecule has 5 rings (SSSR count). The van der Waals surface area contributed by atoms with Gasteiger partial charge in [0.2, 0.25) is 0 Å². The molecule has 0 unspecified atom stereocenters. The summed E-state index contributed by atoms with van der Waals surface area (Å²) in [6, 6.07) is 42.6. The van der Waals surface area contributed by atoms with Crippen LogP contribution in [0.2, 0.25) is 0 Å². The summed E-state index contributed by atoms with van der Waals surface area (Å²) in [6.07, 6.45) is 2.16. The Morgan fingerprint density at radius 3 is 1.88 bits per heavy atom. The van der Waals surface area contributed by atoms with E-state index in [4.69, 9.17) is 4.74 Å². The van der Waals surface area contributed by atoms with Crippen molar-refractivity contribution < 1.29 is 4.74 Å². The van der Waals surface area contributed by atoms with Crippen LogP contribution in [0.25, 0.3) is 11.3 Å². The summed E-state index contributed by atoms with van der Waals surface area (Å²) in [6.45, 7) is 4.46. The number of hydrogen-bond acceptors (Lipinski definition) is 1. The minimum absolute atomic E-state index is 0.729. The van der Waals surface area contributed by atoms with E-state index < -0.39 is 7.92 Å². The SMILES string of the molecule is C=C(c1ccc(OC)cc1)c1ccccc1-n1cccc1P(c1ccccc1)c1ccccc1. The van der Waals surface area contributed by atoms with Crippen molar-refractivity contribution in [3.8, 4) is 11.4 Å². The normalized spacial score (nSPS) is 10.9. The quantitative estimate of drug-likeness (QED) is 0.260. The number of rotatable bonds is 7. The van der Waals surface area contributed by atoms with Crippen LogP contribution in [0.4, 0.5) is 0 Å². The van der Waals surface area contributed by atoms with Gasteiger partial charge in [-0.25, -0.2) is 0 Å². The topological polar surface area (TPSA) is 14.2 Å². The van der Waals surface area contributed by atoms with Crippen molar-refractivity contribution >= 4 is 29.5 Å². The van der Waals surface area contributed by atoms with Crippen molar-refractivity contribution in [1.82, 2.24) is 4.57 Å². The predicted molar refractivity (Wildman–Crippen MR) is 146 cm³/mol. The van der Waals surface area contributed by atoms with Crippen molar-refractivity contribution in [3.63, 3.8) is 0 Å². The van der Waals surface area contributed by atoms with E-state index in [1.54, 1.807) is 7.11 Å². The molecule has 0 saturated heterocycles. The van der Waals surface area contributed by atoms with Crippen molar-refractivity contribution in [2.45, 2.75) is 0 Å². The molecule has 4 aromatic carbocycles. The molecule has 0 fully saturated rings. The molecule has 0 spiro atoms. The second-order valence-corrected chi connectivity index (χ2v) is 10.1. The van der Waals surface area contributed by atoms with Crippen molar-refractivity contribution in [3.05, 3.63) is 145 Å². The van der Waals surface area contributed by atoms with Crippen molar-refractivity contribution in [2.75, 3.05) is 7.11 Å². The van der Waals surface area contributed by atoms with Gasteiger partial charge in [0.1, 0.15) is 5.75 Å². The molecule has 0 aliphatic heterocycles. The van der Waals surface area contributed by atoms with Crippen LogP contribution in [-0.2, 0) is 0 Å². The van der Waals surface area contributed by atoms with E-state index in [1.807, 2.05) is 12.1 Å². The number of aromatic nitrogens is 1. The molecule has 1 heterocycles. The van der Waals surface area contributed by atoms with Gasteiger partial charge in [-0.1, -0.05) is 97.6 Å². The number of benzene rings is 4. The molecule has 0 saturated carbocycles. The number of hydrogen-bond donors (Lipinski definition) is 0. The van der Waals surface area contributed by atoms with Gasteiger partial charge in [0, 0.05) is 19.7 Å². The Morgan fingerprint density at radius 1 is 0.676 bits per heavy atom. The third kappa shape index (κ3) is 4.33. The van der Waals surface area contributed by atoms with Gasteiger partial charge in [0.25, 0.3) is 0 Å². The van der Waals surface area contributed by atoms with E-state index in [0.717, 1.165) is 28.1 Å². The van der Waals surface area contributed by atoms with Crippen molar-refractivity contribution in [1.29, 1.82) is 0 Å². The Labute approximate surface area is 202 Å². The molecule has 0 radical (unpaired) electrons. The van der Waals surface area contributed by atoms with Crippen LogP contribution in [0.3, 0.4) is 0 Å². The third-order valence-corrected chi connectivity index (χ3v) is 8.36. The molecule has 0 aliphatic rings. The molecular weight excluding hydrogens is 433 g/mol. The van der Waals surface area contributed by atoms with Gasteiger partial charge < -0.3 is 9.30 Å². The van der Waals surface area contributed by atoms with Crippen LogP contribution < -0.4 is 20.8 Å². The standard InChI is InChI=1S/C31H26NOP/c1-24(25-19-21-26(33-2)22-20-25)29-16-9-10-17-30(29)32-23-11-18-31(32)34(27-12-5-3-6-13-27)28-14-7-4-8-15-28/h3-23H,1H2,2H3. The summed E-state index contributed by atoms with van der Waals surface area (Å²) in [5.74, 6) is 0.842. The summed E-state index contributed by atoms with van der Waals surface area (Å²) >= 11 is 0. The zero-order valence-corrected chi connectivity index (χ0v) is 20.0. The van der Waals surface area contributed by atoms with Gasteiger partial charge in [-0.05, 0) is 52.1 Å². The van der Waals surface area contributed by atoms with Gasteiger partial charge in [-0.2, -0.15) is 0 Å². The van der Waals surface area contributed by atoms with E-state index in [1.165, 1.54) is 16.0 Å². The first-order chi connectivity index (χ1) is 16.8. The molecule has 34 heavy (non-hydrogen) atoms. The van der Waals surface area contributed by atoms with Crippen LogP contribution in [0.15, 0.2) is 134 Å². The molecule has 2 nitrogen and oxygen atoms in total. The lowest BCUT2D eigenvalue weighted by Crippen LogP contribution is -2.25. The van der Waals surface area contributed by atoms with Crippen LogP contribution in [0.1, 0.15) is 11.1 Å². The smallest absolute Gasteiger partial charge is 0.118 e. The summed E-state index contributed by atoms with van der Waals surface area (Å²) in [7, 11) is 0.956. The molecule has 3 heteroatoms. The lowest BCUT2D eigenvalue weighted by molar-refractivity contribution is 0.415. The first-order valence-electron chi connectivity index (χ1n) is 11.3. The highest BCUT2D eigenvalue weighted by molar-refractivity contribution is 7.79. The maximum Gasteiger partial charge on any atom is 0.118 e.